The quantitative estimate of drug-likeness (QED) is 0.832. The summed E-state index contributed by atoms with van der Waals surface area (Å²) in [5.74, 6) is 1.15. The first kappa shape index (κ1) is 14.7. The average molecular weight is 360 g/mol. The fraction of sp³-hybridized carbons (Fsp3) is 0.333. The smallest absolute Gasteiger partial charge is 0.416 e. The molecule has 0 radical (unpaired) electrons. The predicted octanol–water partition coefficient (Wildman–Crippen LogP) is 4.98. The third-order valence-corrected chi connectivity index (χ3v) is 4.05. The van der Waals surface area contributed by atoms with Gasteiger partial charge in [0, 0.05) is 16.1 Å². The van der Waals surface area contributed by atoms with E-state index in [1.54, 1.807) is 12.1 Å². The van der Waals surface area contributed by atoms with Crippen LogP contribution in [-0.4, -0.2) is 6.04 Å². The van der Waals surface area contributed by atoms with E-state index in [0.29, 0.717) is 28.4 Å². The summed E-state index contributed by atoms with van der Waals surface area (Å²) in [7, 11) is 0. The molecule has 1 saturated carbocycles. The largest absolute Gasteiger partial charge is 0.460 e. The Balaban J connectivity index is 1.84. The molecule has 1 aromatic heterocycles. The summed E-state index contributed by atoms with van der Waals surface area (Å²) in [6.07, 6.45) is -2.02. The molecule has 3 rings (SSSR count). The first-order valence-electron chi connectivity index (χ1n) is 6.63. The van der Waals surface area contributed by atoms with Crippen LogP contribution < -0.4 is 5.32 Å². The monoisotopic (exact) mass is 359 g/mol. The normalized spacial score (nSPS) is 15.4. The molecule has 1 aromatic carbocycles. The van der Waals surface area contributed by atoms with Crippen LogP contribution in [0.5, 0.6) is 0 Å². The van der Waals surface area contributed by atoms with Gasteiger partial charge in [-0.2, -0.15) is 13.2 Å². The minimum Gasteiger partial charge on any atom is -0.460 e. The molecule has 1 aliphatic rings. The van der Waals surface area contributed by atoms with E-state index in [-0.39, 0.29) is 0 Å². The maximum absolute atomic E-state index is 12.8. The van der Waals surface area contributed by atoms with Crippen LogP contribution in [0.3, 0.4) is 0 Å². The molecule has 1 aliphatic carbocycles. The Kier molecular flexibility index (Phi) is 3.84. The summed E-state index contributed by atoms with van der Waals surface area (Å²) >= 11 is 3.27. The summed E-state index contributed by atoms with van der Waals surface area (Å²) in [4.78, 5) is 0. The molecule has 1 fully saturated rings. The summed E-state index contributed by atoms with van der Waals surface area (Å²) in [6.45, 7) is 0.598. The van der Waals surface area contributed by atoms with Crippen LogP contribution in [0.2, 0.25) is 0 Å². The molecule has 0 atom stereocenters. The van der Waals surface area contributed by atoms with Gasteiger partial charge in [0.2, 0.25) is 0 Å². The second-order valence-corrected chi connectivity index (χ2v) is 5.97. The van der Waals surface area contributed by atoms with Crippen molar-refractivity contribution in [2.75, 3.05) is 0 Å². The molecule has 0 spiro atoms. The number of benzene rings is 1. The Hall–Kier alpha value is -1.27. The van der Waals surface area contributed by atoms with Crippen molar-refractivity contribution in [3.8, 4) is 11.3 Å². The van der Waals surface area contributed by atoms with E-state index in [1.165, 1.54) is 18.9 Å². The third-order valence-electron chi connectivity index (χ3n) is 3.36. The van der Waals surface area contributed by atoms with Gasteiger partial charge in [-0.3, -0.25) is 0 Å². The number of alkyl halides is 3. The molecule has 1 heterocycles. The van der Waals surface area contributed by atoms with Crippen LogP contribution in [0, 0.1) is 0 Å². The van der Waals surface area contributed by atoms with Crippen molar-refractivity contribution in [1.82, 2.24) is 5.32 Å². The van der Waals surface area contributed by atoms with Crippen LogP contribution in [0.15, 0.2) is 39.2 Å². The van der Waals surface area contributed by atoms with Crippen molar-refractivity contribution in [3.05, 3.63) is 46.1 Å². The fourth-order valence-corrected chi connectivity index (χ4v) is 2.48. The maximum Gasteiger partial charge on any atom is 0.416 e. The van der Waals surface area contributed by atoms with E-state index in [0.717, 1.165) is 17.9 Å². The molecule has 1 N–H and O–H groups in total. The predicted molar refractivity (Wildman–Crippen MR) is 76.7 cm³/mol. The highest BCUT2D eigenvalue weighted by Crippen LogP contribution is 2.36. The Morgan fingerprint density at radius 3 is 2.62 bits per heavy atom. The van der Waals surface area contributed by atoms with Crippen LogP contribution in [0.4, 0.5) is 13.2 Å². The topological polar surface area (TPSA) is 25.2 Å². The first-order chi connectivity index (χ1) is 9.93. The zero-order chi connectivity index (χ0) is 15.0. The SMILES string of the molecule is FC(F)(F)c1ccc(Br)c(-c2ccc(CNC3CC3)o2)c1. The third kappa shape index (κ3) is 3.49. The Labute approximate surface area is 128 Å². The van der Waals surface area contributed by atoms with E-state index in [4.69, 9.17) is 4.42 Å². The van der Waals surface area contributed by atoms with Crippen LogP contribution in [0.25, 0.3) is 11.3 Å². The second-order valence-electron chi connectivity index (χ2n) is 5.11. The lowest BCUT2D eigenvalue weighted by Crippen LogP contribution is -2.14. The lowest BCUT2D eigenvalue weighted by molar-refractivity contribution is -0.137. The summed E-state index contributed by atoms with van der Waals surface area (Å²) < 4.78 is 44.6. The maximum atomic E-state index is 12.8. The van der Waals surface area contributed by atoms with Gasteiger partial charge in [-0.05, 0) is 43.2 Å². The van der Waals surface area contributed by atoms with Gasteiger partial charge in [-0.25, -0.2) is 0 Å². The minimum absolute atomic E-state index is 0.405. The van der Waals surface area contributed by atoms with Gasteiger partial charge in [-0.15, -0.1) is 0 Å². The molecule has 6 heteroatoms. The lowest BCUT2D eigenvalue weighted by Gasteiger charge is -2.09. The molecular weight excluding hydrogens is 347 g/mol. The molecule has 112 valence electrons. The van der Waals surface area contributed by atoms with Crippen LogP contribution in [0.1, 0.15) is 24.2 Å². The zero-order valence-corrected chi connectivity index (χ0v) is 12.6. The van der Waals surface area contributed by atoms with E-state index < -0.39 is 11.7 Å². The lowest BCUT2D eigenvalue weighted by atomic mass is 10.1. The zero-order valence-electron chi connectivity index (χ0n) is 11.0. The molecule has 0 amide bonds. The minimum atomic E-state index is -4.36. The molecule has 0 saturated heterocycles. The van der Waals surface area contributed by atoms with Crippen molar-refractivity contribution >= 4 is 15.9 Å². The number of nitrogens with one attached hydrogen (secondary N) is 1. The van der Waals surface area contributed by atoms with Gasteiger partial charge in [-0.1, -0.05) is 15.9 Å². The standard InChI is InChI=1S/C15H13BrF3NO/c16-13-5-1-9(15(17,18)19)7-12(13)14-6-4-11(21-14)8-20-10-2-3-10/h1,4-7,10,20H,2-3,8H2. The number of hydrogen-bond acceptors (Lipinski definition) is 2. The van der Waals surface area contributed by atoms with Crippen LogP contribution in [-0.2, 0) is 12.7 Å². The number of rotatable bonds is 4. The van der Waals surface area contributed by atoms with Gasteiger partial charge in [0.15, 0.2) is 0 Å². The molecule has 0 bridgehead atoms. The number of furan rings is 1. The molecule has 0 unspecified atom stereocenters. The van der Waals surface area contributed by atoms with Crippen LogP contribution >= 0.6 is 15.9 Å². The average Bonchev–Trinajstić information content (AvgIpc) is 3.13. The first-order valence-corrected chi connectivity index (χ1v) is 7.42. The van der Waals surface area contributed by atoms with E-state index in [2.05, 4.69) is 21.2 Å². The van der Waals surface area contributed by atoms with Gasteiger partial charge in [0.05, 0.1) is 12.1 Å². The highest BCUT2D eigenvalue weighted by atomic mass is 79.9. The Morgan fingerprint density at radius 2 is 1.95 bits per heavy atom. The van der Waals surface area contributed by atoms with Crippen molar-refractivity contribution in [2.24, 2.45) is 0 Å². The fourth-order valence-electron chi connectivity index (χ4n) is 2.04. The van der Waals surface area contributed by atoms with E-state index in [1.807, 2.05) is 0 Å². The van der Waals surface area contributed by atoms with Crippen molar-refractivity contribution in [2.45, 2.75) is 31.6 Å². The van der Waals surface area contributed by atoms with Gasteiger partial charge in [0.25, 0.3) is 0 Å². The van der Waals surface area contributed by atoms with E-state index >= 15 is 0 Å². The van der Waals surface area contributed by atoms with E-state index in [9.17, 15) is 13.2 Å². The Morgan fingerprint density at radius 1 is 1.19 bits per heavy atom. The Bertz CT molecular complexity index is 647. The highest BCUT2D eigenvalue weighted by molar-refractivity contribution is 9.10. The van der Waals surface area contributed by atoms with Gasteiger partial charge in [0.1, 0.15) is 11.5 Å². The van der Waals surface area contributed by atoms with Gasteiger partial charge >= 0.3 is 6.18 Å². The highest BCUT2D eigenvalue weighted by Gasteiger charge is 2.31. The molecule has 2 nitrogen and oxygen atoms in total. The van der Waals surface area contributed by atoms with Crippen molar-refractivity contribution in [1.29, 1.82) is 0 Å². The summed E-state index contributed by atoms with van der Waals surface area (Å²) in [5.41, 5.74) is -0.280. The molecule has 21 heavy (non-hydrogen) atoms. The number of hydrogen-bond donors (Lipinski definition) is 1. The number of halogens is 4. The van der Waals surface area contributed by atoms with Crippen molar-refractivity contribution < 1.29 is 17.6 Å². The summed E-state index contributed by atoms with van der Waals surface area (Å²) in [6, 6.07) is 7.58. The molecule has 0 aliphatic heterocycles. The van der Waals surface area contributed by atoms with Gasteiger partial charge < -0.3 is 9.73 Å². The van der Waals surface area contributed by atoms with Crippen molar-refractivity contribution in [3.63, 3.8) is 0 Å². The molecular formula is C15H13BrF3NO. The summed E-state index contributed by atoms with van der Waals surface area (Å²) in [5, 5.41) is 3.30. The second kappa shape index (κ2) is 5.50. The molecule has 2 aromatic rings.